The molecule has 128 valence electrons. The molecule has 0 N–H and O–H groups in total. The average Bonchev–Trinajstić information content (AvgIpc) is 2.70. The van der Waals surface area contributed by atoms with Crippen molar-refractivity contribution in [3.8, 4) is 28.1 Å². The molecule has 0 amide bonds. The van der Waals surface area contributed by atoms with Crippen LogP contribution in [0.2, 0.25) is 0 Å². The highest BCUT2D eigenvalue weighted by Crippen LogP contribution is 2.24. The van der Waals surface area contributed by atoms with Crippen molar-refractivity contribution in [3.63, 3.8) is 0 Å². The van der Waals surface area contributed by atoms with Crippen molar-refractivity contribution in [2.24, 2.45) is 0 Å². The van der Waals surface area contributed by atoms with E-state index in [1.807, 2.05) is 0 Å². The van der Waals surface area contributed by atoms with Crippen molar-refractivity contribution in [3.05, 3.63) is 109 Å². The normalized spacial score (nSPS) is 10.2. The topological polar surface area (TPSA) is 3.88 Å². The van der Waals surface area contributed by atoms with Crippen LogP contribution in [-0.4, -0.2) is 0 Å². The minimum absolute atomic E-state index is 0. The summed E-state index contributed by atoms with van der Waals surface area (Å²) >= 11 is 0. The van der Waals surface area contributed by atoms with E-state index in [0.29, 0.717) is 0 Å². The Morgan fingerprint density at radius 2 is 1.15 bits per heavy atom. The van der Waals surface area contributed by atoms with Crippen LogP contribution >= 0.6 is 0 Å². The van der Waals surface area contributed by atoms with Gasteiger partial charge in [-0.15, -0.1) is 0 Å². The zero-order valence-corrected chi connectivity index (χ0v) is 16.2. The van der Waals surface area contributed by atoms with Crippen LogP contribution in [0.1, 0.15) is 5.56 Å². The van der Waals surface area contributed by atoms with Crippen molar-refractivity contribution in [1.82, 2.24) is 0 Å². The summed E-state index contributed by atoms with van der Waals surface area (Å²) in [5.74, 6) is 0. The third kappa shape index (κ3) is 3.76. The van der Waals surface area contributed by atoms with Gasteiger partial charge in [0, 0.05) is 29.8 Å². The van der Waals surface area contributed by atoms with Gasteiger partial charge >= 0.3 is 0 Å². The molecule has 0 radical (unpaired) electrons. The molecule has 3 aromatic carbocycles. The van der Waals surface area contributed by atoms with E-state index in [1.54, 1.807) is 0 Å². The second-order valence-electron chi connectivity index (χ2n) is 6.24. The summed E-state index contributed by atoms with van der Waals surface area (Å²) in [5.41, 5.74) is 7.29. The lowest BCUT2D eigenvalue weighted by Gasteiger charge is -2.07. The first-order valence-electron chi connectivity index (χ1n) is 8.55. The number of hydrogen-bond donors (Lipinski definition) is 0. The Hall–Kier alpha value is -2.71. The third-order valence-corrected chi connectivity index (χ3v) is 4.44. The Morgan fingerprint density at radius 3 is 1.77 bits per heavy atom. The molecule has 4 rings (SSSR count). The van der Waals surface area contributed by atoms with Gasteiger partial charge in [0.1, 0.15) is 0 Å². The first-order chi connectivity index (χ1) is 12.3. The van der Waals surface area contributed by atoms with Crippen LogP contribution in [0.25, 0.3) is 28.1 Å². The lowest BCUT2D eigenvalue weighted by atomic mass is 10.0. The zero-order valence-electron chi connectivity index (χ0n) is 14.6. The molecule has 1 aromatic heterocycles. The van der Waals surface area contributed by atoms with E-state index < -0.39 is 0 Å². The quantitative estimate of drug-likeness (QED) is 0.464. The molecule has 0 spiro atoms. The largest absolute Gasteiger partial charge is 1.00 e. The van der Waals surface area contributed by atoms with Crippen molar-refractivity contribution in [1.29, 1.82) is 0 Å². The van der Waals surface area contributed by atoms with Crippen LogP contribution < -0.4 is 21.5 Å². The standard InChI is InChI=1S/C24H20N.BrH/c1-19-12-14-23(15-13-19)25-17-16-22(20-8-4-2-5-9-20)18-24(25)21-10-6-3-7-11-21;/h2-18H,1H3;1H/q+1;/p-1. The Bertz CT molecular complexity index is 978. The number of nitrogens with zero attached hydrogens (tertiary/aromatic N) is 1. The second-order valence-corrected chi connectivity index (χ2v) is 6.24. The van der Waals surface area contributed by atoms with E-state index in [4.69, 9.17) is 0 Å². The minimum atomic E-state index is 0. The molecule has 0 aliphatic rings. The first-order valence-corrected chi connectivity index (χ1v) is 8.55. The lowest BCUT2D eigenvalue weighted by Crippen LogP contribution is -3.00. The summed E-state index contributed by atoms with van der Waals surface area (Å²) < 4.78 is 2.25. The van der Waals surface area contributed by atoms with Gasteiger partial charge in [-0.2, -0.15) is 4.57 Å². The summed E-state index contributed by atoms with van der Waals surface area (Å²) in [7, 11) is 0. The predicted octanol–water partition coefficient (Wildman–Crippen LogP) is 2.61. The number of aryl methyl sites for hydroxylation is 1. The fraction of sp³-hybridized carbons (Fsp3) is 0.0417. The maximum absolute atomic E-state index is 2.27. The highest BCUT2D eigenvalue weighted by Gasteiger charge is 2.17. The minimum Gasteiger partial charge on any atom is -1.00 e. The lowest BCUT2D eigenvalue weighted by molar-refractivity contribution is -0.583. The van der Waals surface area contributed by atoms with E-state index >= 15 is 0 Å². The Kier molecular flexibility index (Phi) is 5.65. The predicted molar refractivity (Wildman–Crippen MR) is 104 cm³/mol. The summed E-state index contributed by atoms with van der Waals surface area (Å²) in [6, 6.07) is 34.2. The van der Waals surface area contributed by atoms with Gasteiger partial charge in [-0.3, -0.25) is 0 Å². The molecule has 0 saturated carbocycles. The van der Waals surface area contributed by atoms with Crippen LogP contribution in [0.4, 0.5) is 0 Å². The molecule has 0 atom stereocenters. The summed E-state index contributed by atoms with van der Waals surface area (Å²) in [6.07, 6.45) is 2.16. The molecule has 2 heteroatoms. The molecule has 0 bridgehead atoms. The van der Waals surface area contributed by atoms with Crippen LogP contribution in [-0.2, 0) is 0 Å². The highest BCUT2D eigenvalue weighted by molar-refractivity contribution is 5.68. The van der Waals surface area contributed by atoms with E-state index in [0.717, 1.165) is 0 Å². The number of hydrogen-bond acceptors (Lipinski definition) is 0. The van der Waals surface area contributed by atoms with Gasteiger partial charge in [0.2, 0.25) is 11.4 Å². The zero-order chi connectivity index (χ0) is 17.1. The number of benzene rings is 3. The van der Waals surface area contributed by atoms with E-state index in [1.165, 1.54) is 33.6 Å². The monoisotopic (exact) mass is 401 g/mol. The maximum atomic E-state index is 2.27. The molecule has 0 saturated heterocycles. The van der Waals surface area contributed by atoms with Crippen molar-refractivity contribution in [2.75, 3.05) is 0 Å². The Balaban J connectivity index is 0.00000196. The van der Waals surface area contributed by atoms with Gasteiger partial charge in [0.25, 0.3) is 0 Å². The number of aromatic nitrogens is 1. The molecule has 0 aliphatic carbocycles. The highest BCUT2D eigenvalue weighted by atomic mass is 79.9. The van der Waals surface area contributed by atoms with E-state index in [9.17, 15) is 0 Å². The summed E-state index contributed by atoms with van der Waals surface area (Å²) in [5, 5.41) is 0. The SMILES string of the molecule is Cc1ccc(-[n+]2ccc(-c3ccccc3)cc2-c2ccccc2)cc1.[Br-]. The number of pyridine rings is 1. The molecule has 0 unspecified atom stereocenters. The molecule has 1 heterocycles. The van der Waals surface area contributed by atoms with E-state index in [2.05, 4.69) is 115 Å². The van der Waals surface area contributed by atoms with Crippen LogP contribution in [0.5, 0.6) is 0 Å². The molecular formula is C24H20BrN. The fourth-order valence-electron chi connectivity index (χ4n) is 3.07. The molecule has 26 heavy (non-hydrogen) atoms. The van der Waals surface area contributed by atoms with Gasteiger partial charge in [-0.05, 0) is 30.2 Å². The average molecular weight is 402 g/mol. The smallest absolute Gasteiger partial charge is 0.219 e. The molecular weight excluding hydrogens is 382 g/mol. The van der Waals surface area contributed by atoms with Gasteiger partial charge in [0.15, 0.2) is 6.20 Å². The van der Waals surface area contributed by atoms with Gasteiger partial charge in [-0.25, -0.2) is 0 Å². The van der Waals surface area contributed by atoms with Crippen LogP contribution in [0, 0.1) is 6.92 Å². The van der Waals surface area contributed by atoms with Crippen LogP contribution in [0.15, 0.2) is 103 Å². The third-order valence-electron chi connectivity index (χ3n) is 4.44. The summed E-state index contributed by atoms with van der Waals surface area (Å²) in [4.78, 5) is 0. The van der Waals surface area contributed by atoms with Crippen molar-refractivity contribution in [2.45, 2.75) is 6.92 Å². The van der Waals surface area contributed by atoms with Gasteiger partial charge in [-0.1, -0.05) is 66.2 Å². The molecule has 4 aromatic rings. The molecule has 0 aliphatic heterocycles. The fourth-order valence-corrected chi connectivity index (χ4v) is 3.07. The van der Waals surface area contributed by atoms with Crippen molar-refractivity contribution >= 4 is 0 Å². The Labute approximate surface area is 165 Å². The van der Waals surface area contributed by atoms with Crippen molar-refractivity contribution < 1.29 is 21.5 Å². The summed E-state index contributed by atoms with van der Waals surface area (Å²) in [6.45, 7) is 2.12. The number of rotatable bonds is 3. The van der Waals surface area contributed by atoms with Gasteiger partial charge in [0.05, 0.1) is 0 Å². The van der Waals surface area contributed by atoms with E-state index in [-0.39, 0.29) is 17.0 Å². The Morgan fingerprint density at radius 1 is 0.577 bits per heavy atom. The molecule has 1 nitrogen and oxygen atoms in total. The maximum Gasteiger partial charge on any atom is 0.219 e. The molecule has 0 fully saturated rings. The number of halogens is 1. The van der Waals surface area contributed by atoms with Crippen LogP contribution in [0.3, 0.4) is 0 Å². The second kappa shape index (κ2) is 8.11. The first kappa shape index (κ1) is 18.1. The van der Waals surface area contributed by atoms with Gasteiger partial charge < -0.3 is 17.0 Å².